The summed E-state index contributed by atoms with van der Waals surface area (Å²) >= 11 is 5.82. The van der Waals surface area contributed by atoms with Crippen LogP contribution in [0.4, 0.5) is 0 Å². The van der Waals surface area contributed by atoms with Crippen LogP contribution in [0.25, 0.3) is 0 Å². The van der Waals surface area contributed by atoms with E-state index >= 15 is 0 Å². The van der Waals surface area contributed by atoms with Crippen molar-refractivity contribution >= 4 is 17.4 Å². The van der Waals surface area contributed by atoms with Crippen LogP contribution in [-0.2, 0) is 11.3 Å². The maximum absolute atomic E-state index is 11.5. The monoisotopic (exact) mass is 253 g/mol. The van der Waals surface area contributed by atoms with Crippen molar-refractivity contribution in [2.75, 3.05) is 0 Å². The Kier molecular flexibility index (Phi) is 5.66. The first-order valence-corrected chi connectivity index (χ1v) is 6.35. The molecule has 0 heterocycles. The molecule has 3 heteroatoms. The summed E-state index contributed by atoms with van der Waals surface area (Å²) < 4.78 is 0. The van der Waals surface area contributed by atoms with E-state index < -0.39 is 0 Å². The molecule has 0 spiro atoms. The lowest BCUT2D eigenvalue weighted by Gasteiger charge is -2.17. The van der Waals surface area contributed by atoms with Gasteiger partial charge >= 0.3 is 0 Å². The largest absolute Gasteiger partial charge is 0.303 e. The SMILES string of the molecule is CC(=O)[C@@H](CC(C)C)NCc1ccc(Cl)cc1. The normalized spacial score (nSPS) is 12.8. The maximum atomic E-state index is 11.5. The second-order valence-corrected chi connectivity index (χ2v) is 5.24. The number of hydrogen-bond donors (Lipinski definition) is 1. The van der Waals surface area contributed by atoms with Crippen LogP contribution in [0.5, 0.6) is 0 Å². The topological polar surface area (TPSA) is 29.1 Å². The fourth-order valence-corrected chi connectivity index (χ4v) is 1.83. The summed E-state index contributed by atoms with van der Waals surface area (Å²) in [5.74, 6) is 0.717. The first kappa shape index (κ1) is 14.2. The lowest BCUT2D eigenvalue weighted by molar-refractivity contribution is -0.119. The Labute approximate surface area is 108 Å². The Morgan fingerprint density at radius 1 is 1.29 bits per heavy atom. The zero-order valence-electron chi connectivity index (χ0n) is 10.7. The van der Waals surface area contributed by atoms with Gasteiger partial charge in [0.15, 0.2) is 0 Å². The van der Waals surface area contributed by atoms with Gasteiger partial charge in [0.2, 0.25) is 0 Å². The molecule has 1 rings (SSSR count). The summed E-state index contributed by atoms with van der Waals surface area (Å²) in [6.45, 7) is 6.59. The number of benzene rings is 1. The Morgan fingerprint density at radius 2 is 1.88 bits per heavy atom. The van der Waals surface area contributed by atoms with E-state index in [2.05, 4.69) is 19.2 Å². The molecule has 0 saturated heterocycles. The smallest absolute Gasteiger partial charge is 0.146 e. The van der Waals surface area contributed by atoms with Gasteiger partial charge < -0.3 is 5.32 Å². The molecule has 2 nitrogen and oxygen atoms in total. The van der Waals surface area contributed by atoms with Crippen molar-refractivity contribution in [1.29, 1.82) is 0 Å². The molecule has 0 saturated carbocycles. The van der Waals surface area contributed by atoms with Crippen LogP contribution in [0.2, 0.25) is 5.02 Å². The van der Waals surface area contributed by atoms with E-state index in [1.165, 1.54) is 0 Å². The highest BCUT2D eigenvalue weighted by Crippen LogP contribution is 2.11. The van der Waals surface area contributed by atoms with Crippen molar-refractivity contribution < 1.29 is 4.79 Å². The van der Waals surface area contributed by atoms with Crippen LogP contribution in [0.15, 0.2) is 24.3 Å². The van der Waals surface area contributed by atoms with E-state index in [0.29, 0.717) is 12.5 Å². The van der Waals surface area contributed by atoms with Gasteiger partial charge in [-0.05, 0) is 37.0 Å². The van der Waals surface area contributed by atoms with Crippen LogP contribution < -0.4 is 5.32 Å². The highest BCUT2D eigenvalue weighted by Gasteiger charge is 2.14. The minimum Gasteiger partial charge on any atom is -0.303 e. The van der Waals surface area contributed by atoms with Crippen molar-refractivity contribution in [2.45, 2.75) is 39.8 Å². The summed E-state index contributed by atoms with van der Waals surface area (Å²) in [5, 5.41) is 4.03. The molecule has 0 aliphatic carbocycles. The number of rotatable bonds is 6. The number of carbonyl (C=O) groups excluding carboxylic acids is 1. The molecule has 0 unspecified atom stereocenters. The molecule has 0 fully saturated rings. The molecule has 1 aromatic rings. The maximum Gasteiger partial charge on any atom is 0.146 e. The van der Waals surface area contributed by atoms with E-state index in [1.807, 2.05) is 24.3 Å². The number of nitrogens with one attached hydrogen (secondary N) is 1. The van der Waals surface area contributed by atoms with Crippen molar-refractivity contribution in [2.24, 2.45) is 5.92 Å². The summed E-state index contributed by atoms with van der Waals surface area (Å²) in [6, 6.07) is 7.63. The van der Waals surface area contributed by atoms with Gasteiger partial charge in [-0.3, -0.25) is 4.79 Å². The third kappa shape index (κ3) is 5.33. The zero-order chi connectivity index (χ0) is 12.8. The molecule has 1 N–H and O–H groups in total. The van der Waals surface area contributed by atoms with Gasteiger partial charge in [0.1, 0.15) is 5.78 Å². The quantitative estimate of drug-likeness (QED) is 0.842. The first-order valence-electron chi connectivity index (χ1n) is 5.97. The molecule has 94 valence electrons. The molecular weight excluding hydrogens is 234 g/mol. The summed E-state index contributed by atoms with van der Waals surface area (Å²) in [4.78, 5) is 11.5. The number of halogens is 1. The highest BCUT2D eigenvalue weighted by molar-refractivity contribution is 6.30. The lowest BCUT2D eigenvalue weighted by Crippen LogP contribution is -2.36. The van der Waals surface area contributed by atoms with Gasteiger partial charge in [-0.1, -0.05) is 37.6 Å². The highest BCUT2D eigenvalue weighted by atomic mass is 35.5. The standard InChI is InChI=1S/C14H20ClNO/c1-10(2)8-14(11(3)17)16-9-12-4-6-13(15)7-5-12/h4-7,10,14,16H,8-9H2,1-3H3/t14-/m1/s1. The van der Waals surface area contributed by atoms with E-state index in [9.17, 15) is 4.79 Å². The van der Waals surface area contributed by atoms with Gasteiger partial charge in [-0.25, -0.2) is 0 Å². The fraction of sp³-hybridized carbons (Fsp3) is 0.500. The van der Waals surface area contributed by atoms with E-state index in [1.54, 1.807) is 6.92 Å². The average Bonchev–Trinajstić information content (AvgIpc) is 2.25. The zero-order valence-corrected chi connectivity index (χ0v) is 11.4. The molecular formula is C14H20ClNO. The lowest BCUT2D eigenvalue weighted by atomic mass is 10.0. The number of carbonyl (C=O) groups is 1. The van der Waals surface area contributed by atoms with Gasteiger partial charge in [-0.15, -0.1) is 0 Å². The van der Waals surface area contributed by atoms with Crippen LogP contribution >= 0.6 is 11.6 Å². The predicted molar refractivity (Wildman–Crippen MR) is 72.2 cm³/mol. The molecule has 0 radical (unpaired) electrons. The molecule has 0 aromatic heterocycles. The Hall–Kier alpha value is -0.860. The minimum atomic E-state index is -0.0503. The van der Waals surface area contributed by atoms with Gasteiger partial charge in [0.25, 0.3) is 0 Å². The summed E-state index contributed by atoms with van der Waals surface area (Å²) in [6.07, 6.45) is 0.878. The Morgan fingerprint density at radius 3 is 2.35 bits per heavy atom. The first-order chi connectivity index (χ1) is 7.99. The molecule has 0 aliphatic rings. The third-order valence-corrected chi connectivity index (χ3v) is 2.92. The molecule has 1 aromatic carbocycles. The Balaban J connectivity index is 2.51. The average molecular weight is 254 g/mol. The van der Waals surface area contributed by atoms with Crippen molar-refractivity contribution in [3.63, 3.8) is 0 Å². The number of hydrogen-bond acceptors (Lipinski definition) is 2. The molecule has 17 heavy (non-hydrogen) atoms. The van der Waals surface area contributed by atoms with E-state index in [-0.39, 0.29) is 11.8 Å². The van der Waals surface area contributed by atoms with Gasteiger partial charge in [-0.2, -0.15) is 0 Å². The molecule has 1 atom stereocenters. The minimum absolute atomic E-state index is 0.0503. The molecule has 0 bridgehead atoms. The third-order valence-electron chi connectivity index (χ3n) is 2.66. The summed E-state index contributed by atoms with van der Waals surface area (Å²) in [7, 11) is 0. The molecule has 0 aliphatic heterocycles. The second kappa shape index (κ2) is 6.77. The second-order valence-electron chi connectivity index (χ2n) is 4.80. The number of Topliss-reactive ketones (excluding diaryl/α,β-unsaturated/α-hetero) is 1. The number of ketones is 1. The summed E-state index contributed by atoms with van der Waals surface area (Å²) in [5.41, 5.74) is 1.14. The Bertz CT molecular complexity index is 359. The van der Waals surface area contributed by atoms with E-state index in [4.69, 9.17) is 11.6 Å². The van der Waals surface area contributed by atoms with E-state index in [0.717, 1.165) is 17.0 Å². The van der Waals surface area contributed by atoms with Crippen LogP contribution in [0.1, 0.15) is 32.8 Å². The van der Waals surface area contributed by atoms with Crippen LogP contribution in [0.3, 0.4) is 0 Å². The van der Waals surface area contributed by atoms with Crippen molar-refractivity contribution in [1.82, 2.24) is 5.32 Å². The van der Waals surface area contributed by atoms with Crippen molar-refractivity contribution in [3.05, 3.63) is 34.9 Å². The predicted octanol–water partition coefficient (Wildman–Crippen LogP) is 3.43. The van der Waals surface area contributed by atoms with Crippen LogP contribution in [0, 0.1) is 5.92 Å². The molecule has 0 amide bonds. The van der Waals surface area contributed by atoms with Crippen molar-refractivity contribution in [3.8, 4) is 0 Å². The van der Waals surface area contributed by atoms with Gasteiger partial charge in [0.05, 0.1) is 6.04 Å². The van der Waals surface area contributed by atoms with Gasteiger partial charge in [0, 0.05) is 11.6 Å². The fourth-order valence-electron chi connectivity index (χ4n) is 1.71. The van der Waals surface area contributed by atoms with Crippen LogP contribution in [-0.4, -0.2) is 11.8 Å².